The van der Waals surface area contributed by atoms with Crippen LogP contribution in [0.3, 0.4) is 0 Å². The number of aromatic amines is 1. The Kier molecular flexibility index (Phi) is 1.73. The van der Waals surface area contributed by atoms with Crippen molar-refractivity contribution < 1.29 is 8.91 Å². The molecule has 0 saturated heterocycles. The molecule has 0 fully saturated rings. The van der Waals surface area contributed by atoms with Crippen LogP contribution in [0.1, 0.15) is 0 Å². The van der Waals surface area contributed by atoms with Gasteiger partial charge in [0.05, 0.1) is 5.56 Å². The van der Waals surface area contributed by atoms with Gasteiger partial charge in [0.15, 0.2) is 11.6 Å². The molecule has 0 radical (unpaired) electrons. The van der Waals surface area contributed by atoms with E-state index in [1.165, 1.54) is 6.07 Å². The van der Waals surface area contributed by atoms with E-state index in [2.05, 4.69) is 10.1 Å². The molecule has 0 aliphatic rings. The van der Waals surface area contributed by atoms with Gasteiger partial charge in [0.1, 0.15) is 5.82 Å². The highest BCUT2D eigenvalue weighted by Crippen LogP contribution is 2.29. The van der Waals surface area contributed by atoms with E-state index in [1.54, 1.807) is 24.4 Å². The van der Waals surface area contributed by atoms with Crippen molar-refractivity contribution in [2.75, 3.05) is 5.73 Å². The van der Waals surface area contributed by atoms with E-state index in [9.17, 15) is 4.39 Å². The van der Waals surface area contributed by atoms with Crippen LogP contribution in [0.4, 0.5) is 10.2 Å². The second-order valence-electron chi connectivity index (χ2n) is 3.48. The van der Waals surface area contributed by atoms with E-state index < -0.39 is 0 Å². The molecule has 5 heteroatoms. The number of nitrogen functional groups attached to an aromatic ring is 1. The third-order valence-corrected chi connectivity index (χ3v) is 2.46. The quantitative estimate of drug-likeness (QED) is 0.658. The molecule has 0 bridgehead atoms. The highest BCUT2D eigenvalue weighted by Gasteiger charge is 2.13. The van der Waals surface area contributed by atoms with Crippen LogP contribution < -0.4 is 5.73 Å². The fourth-order valence-electron chi connectivity index (χ4n) is 1.70. The molecular weight excluding hydrogens is 209 g/mol. The largest absolute Gasteiger partial charge is 0.381 e. The van der Waals surface area contributed by atoms with Crippen LogP contribution >= 0.6 is 0 Å². The number of nitrogens with one attached hydrogen (secondary N) is 1. The molecule has 0 saturated carbocycles. The Bertz CT molecular complexity index is 656. The lowest BCUT2D eigenvalue weighted by Gasteiger charge is -1.99. The second kappa shape index (κ2) is 3.10. The minimum atomic E-state index is -0.338. The van der Waals surface area contributed by atoms with Gasteiger partial charge in [-0.2, -0.15) is 0 Å². The van der Waals surface area contributed by atoms with Gasteiger partial charge in [-0.1, -0.05) is 5.16 Å². The van der Waals surface area contributed by atoms with Crippen LogP contribution in [0.5, 0.6) is 0 Å². The summed E-state index contributed by atoms with van der Waals surface area (Å²) in [7, 11) is 0. The number of halogens is 1. The summed E-state index contributed by atoms with van der Waals surface area (Å²) in [5.74, 6) is 0.233. The molecule has 4 nitrogen and oxygen atoms in total. The fraction of sp³-hybridized carbons (Fsp3) is 0. The maximum atomic E-state index is 14.0. The maximum Gasteiger partial charge on any atom is 0.172 e. The Morgan fingerprint density at radius 2 is 2.19 bits per heavy atom. The van der Waals surface area contributed by atoms with Crippen molar-refractivity contribution in [3.63, 3.8) is 0 Å². The Morgan fingerprint density at radius 3 is 2.94 bits per heavy atom. The molecule has 0 unspecified atom stereocenters. The van der Waals surface area contributed by atoms with E-state index in [1.807, 2.05) is 0 Å². The SMILES string of the molecule is Nc1cc(-c2ccc3[nH]ccc3c2F)on1. The molecule has 1 aromatic carbocycles. The second-order valence-corrected chi connectivity index (χ2v) is 3.48. The van der Waals surface area contributed by atoms with Gasteiger partial charge in [-0.3, -0.25) is 0 Å². The Hall–Kier alpha value is -2.30. The molecule has 3 N–H and O–H groups in total. The lowest BCUT2D eigenvalue weighted by Crippen LogP contribution is -1.83. The van der Waals surface area contributed by atoms with Crippen molar-refractivity contribution in [3.8, 4) is 11.3 Å². The van der Waals surface area contributed by atoms with Crippen LogP contribution in [0.2, 0.25) is 0 Å². The molecule has 0 aliphatic heterocycles. The third kappa shape index (κ3) is 1.18. The standard InChI is InChI=1S/C11H8FN3O/c12-11-6-3-4-14-8(6)2-1-7(11)9-5-10(13)15-16-9/h1-5,14H,(H2,13,15). The van der Waals surface area contributed by atoms with Crippen LogP contribution in [-0.4, -0.2) is 10.1 Å². The van der Waals surface area contributed by atoms with Gasteiger partial charge < -0.3 is 15.2 Å². The summed E-state index contributed by atoms with van der Waals surface area (Å²) in [6.07, 6.45) is 1.69. The van der Waals surface area contributed by atoms with Crippen molar-refractivity contribution in [3.05, 3.63) is 36.3 Å². The van der Waals surface area contributed by atoms with E-state index in [0.717, 1.165) is 5.52 Å². The maximum absolute atomic E-state index is 14.0. The Labute approximate surface area is 89.9 Å². The molecule has 0 aliphatic carbocycles. The van der Waals surface area contributed by atoms with Crippen LogP contribution in [-0.2, 0) is 0 Å². The molecule has 2 heterocycles. The lowest BCUT2D eigenvalue weighted by molar-refractivity contribution is 0.433. The molecule has 0 atom stereocenters. The number of hydrogen-bond donors (Lipinski definition) is 2. The van der Waals surface area contributed by atoms with Gasteiger partial charge >= 0.3 is 0 Å². The highest BCUT2D eigenvalue weighted by atomic mass is 19.1. The van der Waals surface area contributed by atoms with Gasteiger partial charge in [-0.05, 0) is 18.2 Å². The number of anilines is 1. The van der Waals surface area contributed by atoms with Gasteiger partial charge in [-0.25, -0.2) is 4.39 Å². The van der Waals surface area contributed by atoms with E-state index in [4.69, 9.17) is 10.3 Å². The summed E-state index contributed by atoms with van der Waals surface area (Å²) in [6, 6.07) is 6.59. The predicted octanol–water partition coefficient (Wildman–Crippen LogP) is 2.54. The number of benzene rings is 1. The average Bonchev–Trinajstić information content (AvgIpc) is 2.87. The fourth-order valence-corrected chi connectivity index (χ4v) is 1.70. The third-order valence-electron chi connectivity index (χ3n) is 2.46. The van der Waals surface area contributed by atoms with Crippen molar-refractivity contribution >= 4 is 16.7 Å². The van der Waals surface area contributed by atoms with E-state index in [-0.39, 0.29) is 11.6 Å². The first-order valence-electron chi connectivity index (χ1n) is 4.74. The minimum Gasteiger partial charge on any atom is -0.381 e. The molecule has 16 heavy (non-hydrogen) atoms. The van der Waals surface area contributed by atoms with Crippen molar-refractivity contribution in [1.29, 1.82) is 0 Å². The van der Waals surface area contributed by atoms with Gasteiger partial charge in [0.2, 0.25) is 0 Å². The van der Waals surface area contributed by atoms with E-state index in [0.29, 0.717) is 16.7 Å². The number of H-pyrrole nitrogens is 1. The normalized spacial score (nSPS) is 11.1. The first-order valence-corrected chi connectivity index (χ1v) is 4.74. The summed E-state index contributed by atoms with van der Waals surface area (Å²) >= 11 is 0. The molecule has 0 spiro atoms. The average molecular weight is 217 g/mol. The number of nitrogens with zero attached hydrogens (tertiary/aromatic N) is 1. The zero-order valence-corrected chi connectivity index (χ0v) is 8.20. The van der Waals surface area contributed by atoms with E-state index >= 15 is 0 Å². The summed E-state index contributed by atoms with van der Waals surface area (Å²) in [5, 5.41) is 4.05. The molecular formula is C11H8FN3O. The molecule has 3 rings (SSSR count). The number of aromatic nitrogens is 2. The van der Waals surface area contributed by atoms with Crippen molar-refractivity contribution in [1.82, 2.24) is 10.1 Å². The minimum absolute atomic E-state index is 0.239. The highest BCUT2D eigenvalue weighted by molar-refractivity contribution is 5.85. The molecule has 3 aromatic rings. The number of hydrogen-bond acceptors (Lipinski definition) is 3. The summed E-state index contributed by atoms with van der Waals surface area (Å²) in [6.45, 7) is 0. The Balaban J connectivity index is 2.27. The van der Waals surface area contributed by atoms with Crippen LogP contribution in [0.15, 0.2) is 35.0 Å². The zero-order valence-electron chi connectivity index (χ0n) is 8.20. The lowest BCUT2D eigenvalue weighted by atomic mass is 10.1. The molecule has 80 valence electrons. The topological polar surface area (TPSA) is 67.8 Å². The monoisotopic (exact) mass is 217 g/mol. The molecule has 2 aromatic heterocycles. The summed E-state index contributed by atoms with van der Waals surface area (Å²) in [4.78, 5) is 2.93. The summed E-state index contributed by atoms with van der Waals surface area (Å²) in [5.41, 5.74) is 6.53. The first-order chi connectivity index (χ1) is 7.75. The summed E-state index contributed by atoms with van der Waals surface area (Å²) < 4.78 is 19.0. The van der Waals surface area contributed by atoms with Gasteiger partial charge in [-0.15, -0.1) is 0 Å². The number of rotatable bonds is 1. The van der Waals surface area contributed by atoms with Gasteiger partial charge in [0, 0.05) is 23.2 Å². The van der Waals surface area contributed by atoms with Gasteiger partial charge in [0.25, 0.3) is 0 Å². The van der Waals surface area contributed by atoms with Crippen molar-refractivity contribution in [2.45, 2.75) is 0 Å². The van der Waals surface area contributed by atoms with Crippen molar-refractivity contribution in [2.24, 2.45) is 0 Å². The smallest absolute Gasteiger partial charge is 0.172 e. The zero-order chi connectivity index (χ0) is 11.1. The number of nitrogens with two attached hydrogens (primary N) is 1. The van der Waals surface area contributed by atoms with Crippen LogP contribution in [0.25, 0.3) is 22.2 Å². The molecule has 0 amide bonds. The van der Waals surface area contributed by atoms with Crippen LogP contribution in [0, 0.1) is 5.82 Å². The first kappa shape index (κ1) is 8.96. The predicted molar refractivity (Wildman–Crippen MR) is 58.2 cm³/mol. The number of fused-ring (bicyclic) bond motifs is 1. The Morgan fingerprint density at radius 1 is 1.31 bits per heavy atom.